The topological polar surface area (TPSA) is 32.8 Å². The summed E-state index contributed by atoms with van der Waals surface area (Å²) in [6, 6.07) is 11.9. The Morgan fingerprint density at radius 2 is 1.93 bits per heavy atom. The molecule has 3 rings (SSSR count). The number of rotatable bonds is 5. The number of ether oxygens (including phenoxy) is 1. The Balaban J connectivity index is 1.71. The average Bonchev–Trinajstić information content (AvgIpc) is 2.67. The van der Waals surface area contributed by atoms with Gasteiger partial charge in [0.15, 0.2) is 0 Å². The number of carbonyl (C=O) groups excluding carboxylic acids is 1. The van der Waals surface area contributed by atoms with Gasteiger partial charge in [-0.1, -0.05) is 29.8 Å². The van der Waals surface area contributed by atoms with Crippen molar-refractivity contribution in [3.05, 3.63) is 70.1 Å². The van der Waals surface area contributed by atoms with E-state index in [1.807, 2.05) is 36.9 Å². The highest BCUT2D eigenvalue weighted by atomic mass is 35.5. The van der Waals surface area contributed by atoms with E-state index >= 15 is 0 Å². The zero-order valence-corrected chi connectivity index (χ0v) is 17.0. The first-order valence-electron chi connectivity index (χ1n) is 9.28. The third kappa shape index (κ3) is 4.56. The second kappa shape index (κ2) is 8.78. The quantitative estimate of drug-likeness (QED) is 0.692. The average molecular weight is 403 g/mol. The highest BCUT2D eigenvalue weighted by Gasteiger charge is 2.34. The van der Waals surface area contributed by atoms with Crippen LogP contribution in [0.15, 0.2) is 48.2 Å². The predicted molar refractivity (Wildman–Crippen MR) is 108 cm³/mol. The fourth-order valence-corrected chi connectivity index (χ4v) is 3.63. The van der Waals surface area contributed by atoms with Crippen molar-refractivity contribution in [2.75, 3.05) is 13.3 Å². The molecule has 0 aromatic heterocycles. The van der Waals surface area contributed by atoms with Crippen molar-refractivity contribution in [1.82, 2.24) is 9.80 Å². The van der Waals surface area contributed by atoms with Crippen LogP contribution in [-0.2, 0) is 11.3 Å². The van der Waals surface area contributed by atoms with Gasteiger partial charge in [0, 0.05) is 19.1 Å². The molecular weight excluding hydrogens is 379 g/mol. The molecule has 1 fully saturated rings. The lowest BCUT2D eigenvalue weighted by Gasteiger charge is -2.45. The highest BCUT2D eigenvalue weighted by molar-refractivity contribution is 6.32. The first-order valence-corrected chi connectivity index (χ1v) is 9.66. The summed E-state index contributed by atoms with van der Waals surface area (Å²) in [6.45, 7) is 7.58. The van der Waals surface area contributed by atoms with Crippen LogP contribution in [0.2, 0.25) is 5.02 Å². The lowest BCUT2D eigenvalue weighted by Crippen LogP contribution is -2.55. The van der Waals surface area contributed by atoms with Gasteiger partial charge in [0.2, 0.25) is 0 Å². The number of piperazine rings is 1. The van der Waals surface area contributed by atoms with Crippen LogP contribution in [0.25, 0.3) is 0 Å². The molecule has 1 saturated heterocycles. The van der Waals surface area contributed by atoms with E-state index in [0.717, 1.165) is 17.7 Å². The minimum Gasteiger partial charge on any atom is -0.477 e. The molecular formula is C22H24ClFN2O2. The second-order valence-electron chi connectivity index (χ2n) is 7.25. The van der Waals surface area contributed by atoms with Gasteiger partial charge in [-0.15, -0.1) is 0 Å². The molecule has 0 radical (unpaired) electrons. The van der Waals surface area contributed by atoms with E-state index < -0.39 is 0 Å². The van der Waals surface area contributed by atoms with Gasteiger partial charge in [0.25, 0.3) is 0 Å². The van der Waals surface area contributed by atoms with Crippen LogP contribution in [0, 0.1) is 12.7 Å². The van der Waals surface area contributed by atoms with Crippen LogP contribution in [0.1, 0.15) is 25.0 Å². The Hall–Kier alpha value is -2.33. The smallest absolute Gasteiger partial charge is 0.147 e. The lowest BCUT2D eigenvalue weighted by molar-refractivity contribution is 0.0286. The van der Waals surface area contributed by atoms with Crippen molar-refractivity contribution in [2.45, 2.75) is 39.4 Å². The first kappa shape index (κ1) is 20.4. The molecule has 2 atom stereocenters. The number of hydrogen-bond donors (Lipinski definition) is 0. The highest BCUT2D eigenvalue weighted by Crippen LogP contribution is 2.28. The maximum absolute atomic E-state index is 13.2. The molecule has 0 amide bonds. The number of hydrogen-bond acceptors (Lipinski definition) is 4. The molecule has 0 unspecified atom stereocenters. The summed E-state index contributed by atoms with van der Waals surface area (Å²) < 4.78 is 19.1. The summed E-state index contributed by atoms with van der Waals surface area (Å²) in [5.41, 5.74) is 2.59. The third-order valence-electron chi connectivity index (χ3n) is 5.13. The van der Waals surface area contributed by atoms with Gasteiger partial charge in [-0.2, -0.15) is 0 Å². The summed E-state index contributed by atoms with van der Waals surface area (Å²) in [7, 11) is 0. The summed E-state index contributed by atoms with van der Waals surface area (Å²) in [5.74, 6) is 2.47. The van der Waals surface area contributed by atoms with Gasteiger partial charge >= 0.3 is 0 Å². The second-order valence-corrected chi connectivity index (χ2v) is 7.65. The fraction of sp³-hybridized carbons (Fsp3) is 0.364. The van der Waals surface area contributed by atoms with E-state index in [1.165, 1.54) is 12.1 Å². The van der Waals surface area contributed by atoms with E-state index in [-0.39, 0.29) is 17.9 Å². The molecule has 0 bridgehead atoms. The van der Waals surface area contributed by atoms with Crippen molar-refractivity contribution < 1.29 is 13.9 Å². The fourth-order valence-electron chi connectivity index (χ4n) is 3.46. The van der Waals surface area contributed by atoms with Gasteiger partial charge in [0.05, 0.1) is 11.1 Å². The zero-order chi connectivity index (χ0) is 20.3. The Morgan fingerprint density at radius 1 is 1.21 bits per heavy atom. The van der Waals surface area contributed by atoms with Crippen LogP contribution >= 0.6 is 11.6 Å². The number of aryl methyl sites for hydroxylation is 1. The third-order valence-corrected chi connectivity index (χ3v) is 5.44. The summed E-state index contributed by atoms with van der Waals surface area (Å²) in [5, 5.41) is 0.562. The van der Waals surface area contributed by atoms with Gasteiger partial charge in [-0.25, -0.2) is 9.18 Å². The van der Waals surface area contributed by atoms with Gasteiger partial charge < -0.3 is 9.64 Å². The maximum Gasteiger partial charge on any atom is 0.147 e. The molecule has 2 aromatic carbocycles. The van der Waals surface area contributed by atoms with Crippen molar-refractivity contribution in [1.29, 1.82) is 0 Å². The standard InChI is InChI=1S/C22H24ClFN2O2/c1-15-4-9-20(23)22(10-15)28-14-25-11-16(2)26(21(13-27)17(25)3)12-18-5-7-19(24)8-6-18/h4-10,16-17H,11-12,14H2,1-3H3/t16-,17+/m1/s1. The van der Waals surface area contributed by atoms with E-state index in [1.54, 1.807) is 12.1 Å². The lowest BCUT2D eigenvalue weighted by atomic mass is 10.0. The molecule has 1 aliphatic rings. The molecule has 0 aliphatic carbocycles. The number of nitrogens with zero attached hydrogens (tertiary/aromatic N) is 2. The van der Waals surface area contributed by atoms with Crippen LogP contribution in [-0.4, -0.2) is 41.1 Å². The predicted octanol–water partition coefficient (Wildman–Crippen LogP) is 4.43. The van der Waals surface area contributed by atoms with Gasteiger partial charge in [-0.3, -0.25) is 4.90 Å². The summed E-state index contributed by atoms with van der Waals surface area (Å²) in [6.07, 6.45) is 0. The first-order chi connectivity index (χ1) is 13.4. The molecule has 1 heterocycles. The molecule has 28 heavy (non-hydrogen) atoms. The van der Waals surface area contributed by atoms with Crippen molar-refractivity contribution in [2.24, 2.45) is 0 Å². The Kier molecular flexibility index (Phi) is 6.40. The largest absolute Gasteiger partial charge is 0.477 e. The Bertz CT molecular complexity index is 881. The van der Waals surface area contributed by atoms with Crippen LogP contribution in [0.3, 0.4) is 0 Å². The molecule has 0 spiro atoms. The van der Waals surface area contributed by atoms with Crippen LogP contribution in [0.5, 0.6) is 5.75 Å². The molecule has 1 aliphatic heterocycles. The zero-order valence-electron chi connectivity index (χ0n) is 16.3. The van der Waals surface area contributed by atoms with E-state index in [4.69, 9.17) is 16.3 Å². The number of benzene rings is 2. The Morgan fingerprint density at radius 3 is 2.61 bits per heavy atom. The monoisotopic (exact) mass is 402 g/mol. The van der Waals surface area contributed by atoms with E-state index in [0.29, 0.717) is 29.7 Å². The molecule has 0 saturated carbocycles. The summed E-state index contributed by atoms with van der Waals surface area (Å²) >= 11 is 6.21. The van der Waals surface area contributed by atoms with Crippen molar-refractivity contribution >= 4 is 17.5 Å². The molecule has 4 nitrogen and oxygen atoms in total. The van der Waals surface area contributed by atoms with Gasteiger partial charge in [0.1, 0.15) is 29.9 Å². The summed E-state index contributed by atoms with van der Waals surface area (Å²) in [4.78, 5) is 15.9. The number of halogens is 2. The molecule has 2 aromatic rings. The normalized spacial score (nSPS) is 20.2. The minimum atomic E-state index is -0.270. The molecule has 6 heteroatoms. The van der Waals surface area contributed by atoms with E-state index in [9.17, 15) is 9.18 Å². The molecule has 148 valence electrons. The van der Waals surface area contributed by atoms with Crippen LogP contribution < -0.4 is 4.74 Å². The van der Waals surface area contributed by atoms with E-state index in [2.05, 4.69) is 17.8 Å². The minimum absolute atomic E-state index is 0.0780. The SMILES string of the molecule is Cc1ccc(Cl)c(OCN2C[C@@H](C)N(Cc3ccc(F)cc3)C(=C=O)[C@@H]2C)c1. The van der Waals surface area contributed by atoms with Crippen LogP contribution in [0.4, 0.5) is 4.39 Å². The molecule has 0 N–H and O–H groups in total. The van der Waals surface area contributed by atoms with Gasteiger partial charge in [-0.05, 0) is 56.2 Å². The van der Waals surface area contributed by atoms with Crippen molar-refractivity contribution in [3.63, 3.8) is 0 Å². The van der Waals surface area contributed by atoms with Crippen molar-refractivity contribution in [3.8, 4) is 5.75 Å². The Labute approximate surface area is 170 Å². The maximum atomic E-state index is 13.2.